The van der Waals surface area contributed by atoms with Crippen LogP contribution in [0.15, 0.2) is 115 Å². The summed E-state index contributed by atoms with van der Waals surface area (Å²) in [4.78, 5) is 112. The van der Waals surface area contributed by atoms with Gasteiger partial charge in [0.1, 0.15) is 24.3 Å². The molecule has 0 unspecified atom stereocenters. The number of nitrogens with zero attached hydrogens (tertiary/aromatic N) is 2. The van der Waals surface area contributed by atoms with Crippen LogP contribution in [0.1, 0.15) is 143 Å². The number of likely N-dealkylation sites (N-methyl/N-ethyl adjacent to an activating group) is 2. The number of fused-ring (bicyclic) bond motifs is 3. The summed E-state index contributed by atoms with van der Waals surface area (Å²) >= 11 is 0. The van der Waals surface area contributed by atoms with E-state index in [0.29, 0.717) is 17.5 Å². The van der Waals surface area contributed by atoms with Crippen molar-refractivity contribution in [2.45, 2.75) is 163 Å². The number of primary amides is 1. The number of ketones is 1. The topological polar surface area (TPSA) is 282 Å². The predicted molar refractivity (Wildman–Crippen MR) is 340 cm³/mol. The Morgan fingerprint density at radius 3 is 1.78 bits per heavy atom. The van der Waals surface area contributed by atoms with Crippen molar-refractivity contribution in [1.82, 2.24) is 35.8 Å². The number of sulfonamides is 1. The second-order valence-corrected chi connectivity index (χ2v) is 27.9. The molecule has 4 aromatic carbocycles. The molecule has 5 atom stereocenters. The number of hydrogen-bond acceptors (Lipinski definition) is 12. The van der Waals surface area contributed by atoms with Gasteiger partial charge in [-0.2, -0.15) is 0 Å². The van der Waals surface area contributed by atoms with Gasteiger partial charge in [0.05, 0.1) is 17.8 Å². The molecule has 0 aromatic heterocycles. The summed E-state index contributed by atoms with van der Waals surface area (Å²) in [6.07, 6.45) is 0.304. The fourth-order valence-corrected chi connectivity index (χ4v) is 12.1. The van der Waals surface area contributed by atoms with Crippen molar-refractivity contribution >= 4 is 57.7 Å². The van der Waals surface area contributed by atoms with E-state index in [4.69, 9.17) is 15.2 Å². The number of hydrogen-bond donors (Lipinski definition) is 6. The molecule has 0 spiro atoms. The largest absolute Gasteiger partial charge is 0.449 e. The van der Waals surface area contributed by atoms with E-state index in [1.165, 1.54) is 29.8 Å². The van der Waals surface area contributed by atoms with E-state index < -0.39 is 104 Å². The van der Waals surface area contributed by atoms with Crippen molar-refractivity contribution in [2.24, 2.45) is 28.9 Å². The zero-order valence-corrected chi connectivity index (χ0v) is 54.6. The van der Waals surface area contributed by atoms with Crippen molar-refractivity contribution in [3.8, 4) is 11.1 Å². The fourth-order valence-electron chi connectivity index (χ4n) is 11.0. The van der Waals surface area contributed by atoms with Crippen molar-refractivity contribution < 1.29 is 56.2 Å². The molecule has 0 bridgehead atoms. The molecule has 7 N–H and O–H groups in total. The standard InChI is InChI=1S/C67H92N8O12S/c1-41(2)53(74(14)61(80)56(65(6,7)8)72-60(79)57(75(15)64(83)87-66(9,10)11)67(12,13)47-25-17-16-18-26-47)36-43(5)58(77)73-88(84,85)40-45-33-31-44(32-34-45)38-70-59(78)46(24-23-35-69-62(68)81)37-54(76)55(42(3)4)71-63(82)86-39-52-50-29-21-19-27-48(50)49-28-20-22-30-51(49)52/h16-22,25-34,36,41-42,46,52-53,55-57H,23-24,35,37-40H2,1-15H3,(H,70,78)(H,71,82)(H,72,79)(H,73,77)(H3,68,69,81)/b43-36+/t46-,53-,55+,56-,57-/m1/s1. The third-order valence-electron chi connectivity index (χ3n) is 15.7. The number of rotatable bonds is 27. The van der Waals surface area contributed by atoms with Crippen LogP contribution in [0, 0.1) is 23.2 Å². The molecule has 0 saturated carbocycles. The summed E-state index contributed by atoms with van der Waals surface area (Å²) < 4.78 is 40.7. The lowest BCUT2D eigenvalue weighted by Crippen LogP contribution is -2.63. The number of nitrogens with two attached hydrogens (primary N) is 1. The van der Waals surface area contributed by atoms with Gasteiger partial charge in [0.25, 0.3) is 5.91 Å². The van der Waals surface area contributed by atoms with Gasteiger partial charge in [0.15, 0.2) is 5.78 Å². The highest BCUT2D eigenvalue weighted by Crippen LogP contribution is 2.44. The van der Waals surface area contributed by atoms with E-state index in [9.17, 15) is 46.8 Å². The SMILES string of the molecule is C/C(=C\[C@H](C(C)C)N(C)C(=O)[C@@H](NC(=O)[C@@H](N(C)C(=O)OC(C)(C)C)C(C)(C)c1ccccc1)C(C)(C)C)C(=O)NS(=O)(=O)Cc1ccc(CNC(=O)[C@H](CCCNC(N)=O)CC(=O)[C@@H](NC(=O)OCC2c3ccccc3-c3ccccc32)C(C)C)cc1. The monoisotopic (exact) mass is 1230 g/mol. The Bertz CT molecular complexity index is 3230. The van der Waals surface area contributed by atoms with Crippen LogP contribution in [0.2, 0.25) is 0 Å². The first kappa shape index (κ1) is 70.7. The minimum Gasteiger partial charge on any atom is -0.449 e. The minimum atomic E-state index is -4.28. The highest BCUT2D eigenvalue weighted by Gasteiger charge is 2.46. The summed E-state index contributed by atoms with van der Waals surface area (Å²) in [7, 11) is -1.25. The lowest BCUT2D eigenvalue weighted by molar-refractivity contribution is -0.141. The average molecular weight is 1230 g/mol. The van der Waals surface area contributed by atoms with E-state index in [1.807, 2.05) is 107 Å². The number of nitrogens with one attached hydrogen (secondary N) is 5. The van der Waals surface area contributed by atoms with Crippen LogP contribution >= 0.6 is 0 Å². The summed E-state index contributed by atoms with van der Waals surface area (Å²) in [6, 6.07) is 26.7. The Balaban J connectivity index is 1.21. The Hall–Kier alpha value is -8.07. The molecule has 0 fully saturated rings. The Labute approximate surface area is 519 Å². The lowest BCUT2D eigenvalue weighted by Gasteiger charge is -2.42. The minimum absolute atomic E-state index is 0.0116. The highest BCUT2D eigenvalue weighted by atomic mass is 32.2. The Kier molecular flexibility index (Phi) is 24.3. The Morgan fingerprint density at radius 1 is 0.693 bits per heavy atom. The first-order chi connectivity index (χ1) is 41.0. The number of alkyl carbamates (subject to hydrolysis) is 1. The van der Waals surface area contributed by atoms with Gasteiger partial charge in [-0.1, -0.05) is 172 Å². The molecule has 21 heteroatoms. The summed E-state index contributed by atoms with van der Waals surface area (Å²) in [5.74, 6) is -5.11. The van der Waals surface area contributed by atoms with Gasteiger partial charge >= 0.3 is 18.2 Å². The van der Waals surface area contributed by atoms with E-state index >= 15 is 0 Å². The zero-order valence-electron chi connectivity index (χ0n) is 53.7. The molecule has 4 aromatic rings. The summed E-state index contributed by atoms with van der Waals surface area (Å²) in [5.41, 5.74) is 8.51. The van der Waals surface area contributed by atoms with Crippen LogP contribution < -0.4 is 31.7 Å². The molecule has 0 heterocycles. The number of benzene rings is 4. The second-order valence-electron chi connectivity index (χ2n) is 26.1. The van der Waals surface area contributed by atoms with Crippen LogP contribution in [0.5, 0.6) is 0 Å². The number of amides is 8. The van der Waals surface area contributed by atoms with Gasteiger partial charge in [-0.25, -0.2) is 27.5 Å². The van der Waals surface area contributed by atoms with Crippen LogP contribution in [-0.4, -0.2) is 123 Å². The van der Waals surface area contributed by atoms with Gasteiger partial charge in [0.2, 0.25) is 27.7 Å². The lowest BCUT2D eigenvalue weighted by atomic mass is 9.76. The first-order valence-electron chi connectivity index (χ1n) is 29.9. The molecule has 0 aliphatic heterocycles. The molecule has 5 rings (SSSR count). The number of carbonyl (C=O) groups is 8. The van der Waals surface area contributed by atoms with Crippen LogP contribution in [0.4, 0.5) is 14.4 Å². The summed E-state index contributed by atoms with van der Waals surface area (Å²) in [6.45, 7) is 23.2. The molecular weight excluding hydrogens is 1140 g/mol. The maximum absolute atomic E-state index is 14.7. The molecule has 0 radical (unpaired) electrons. The van der Waals surface area contributed by atoms with Gasteiger partial charge in [-0.05, 0) is 96.7 Å². The normalized spacial score (nSPS) is 14.4. The maximum atomic E-state index is 14.7. The van der Waals surface area contributed by atoms with Crippen molar-refractivity contribution in [3.63, 3.8) is 0 Å². The molecule has 0 saturated heterocycles. The fraction of sp³-hybridized carbons (Fsp3) is 0.493. The number of urea groups is 1. The first-order valence-corrected chi connectivity index (χ1v) is 31.5. The molecule has 8 amide bonds. The molecular formula is C67H92N8O12S. The molecule has 20 nitrogen and oxygen atoms in total. The molecule has 1 aliphatic rings. The predicted octanol–water partition coefficient (Wildman–Crippen LogP) is 9.01. The van der Waals surface area contributed by atoms with Gasteiger partial charge in [-0.3, -0.25) is 28.9 Å². The Morgan fingerprint density at radius 2 is 1.25 bits per heavy atom. The van der Waals surface area contributed by atoms with Crippen LogP contribution in [-0.2, 0) is 61.2 Å². The van der Waals surface area contributed by atoms with Gasteiger partial charge in [0, 0.05) is 56.4 Å². The highest BCUT2D eigenvalue weighted by molar-refractivity contribution is 7.89. The van der Waals surface area contributed by atoms with E-state index in [1.54, 1.807) is 86.7 Å². The second kappa shape index (κ2) is 30.2. The molecule has 478 valence electrons. The number of Topliss-reactive ketones (excluding diaryl/α,β-unsaturated/α-hetero) is 1. The van der Waals surface area contributed by atoms with E-state index in [0.717, 1.165) is 27.8 Å². The third kappa shape index (κ3) is 19.5. The van der Waals surface area contributed by atoms with E-state index in [2.05, 4.69) is 26.0 Å². The van der Waals surface area contributed by atoms with Crippen molar-refractivity contribution in [2.75, 3.05) is 27.2 Å². The van der Waals surface area contributed by atoms with Crippen molar-refractivity contribution in [1.29, 1.82) is 0 Å². The van der Waals surface area contributed by atoms with E-state index in [-0.39, 0.29) is 61.6 Å². The zero-order chi connectivity index (χ0) is 65.6. The van der Waals surface area contributed by atoms with Gasteiger partial charge < -0.3 is 41.4 Å². The third-order valence-corrected chi connectivity index (χ3v) is 17.0. The number of carbonyl (C=O) groups excluding carboxylic acids is 8. The quantitative estimate of drug-likeness (QED) is 0.0241. The van der Waals surface area contributed by atoms with Crippen LogP contribution in [0.3, 0.4) is 0 Å². The smallest absolute Gasteiger partial charge is 0.410 e. The molecule has 88 heavy (non-hydrogen) atoms. The maximum Gasteiger partial charge on any atom is 0.410 e. The number of ether oxygens (including phenoxy) is 2. The average Bonchev–Trinajstić information content (AvgIpc) is 1.71. The summed E-state index contributed by atoms with van der Waals surface area (Å²) in [5, 5.41) is 11.1. The molecule has 1 aliphatic carbocycles. The van der Waals surface area contributed by atoms with Crippen molar-refractivity contribution in [3.05, 3.63) is 143 Å². The van der Waals surface area contributed by atoms with Crippen LogP contribution in [0.25, 0.3) is 11.1 Å². The van der Waals surface area contributed by atoms with Gasteiger partial charge in [-0.15, -0.1) is 0 Å².